The lowest BCUT2D eigenvalue weighted by Gasteiger charge is -2.08. The Morgan fingerprint density at radius 2 is 1.86 bits per heavy atom. The average Bonchev–Trinajstić information content (AvgIpc) is 3.06. The summed E-state index contributed by atoms with van der Waals surface area (Å²) < 4.78 is 1.21. The standard InChI is InChI=1S/C19H16N4O5S/c1-11-3-5-14(6-4-11)29-15-8-12(7-13(9-15)23(27)28)20-18(24)16-10-22(2)21-17(16)19(25)26/h3-10H,1-2H3,(H,20,24)(H,25,26). The third-order valence-electron chi connectivity index (χ3n) is 3.89. The molecule has 2 aromatic carbocycles. The molecule has 0 atom stereocenters. The molecule has 29 heavy (non-hydrogen) atoms. The number of aromatic carboxylic acids is 1. The van der Waals surface area contributed by atoms with Crippen LogP contribution in [-0.4, -0.2) is 31.7 Å². The molecule has 2 N–H and O–H groups in total. The fourth-order valence-electron chi connectivity index (χ4n) is 2.57. The highest BCUT2D eigenvalue weighted by Crippen LogP contribution is 2.33. The molecule has 1 aromatic heterocycles. The molecule has 0 aliphatic carbocycles. The van der Waals surface area contributed by atoms with E-state index in [0.717, 1.165) is 10.5 Å². The molecule has 0 saturated heterocycles. The Hall–Kier alpha value is -3.66. The average molecular weight is 412 g/mol. The maximum absolute atomic E-state index is 12.5. The molecule has 0 aliphatic heterocycles. The number of amides is 1. The summed E-state index contributed by atoms with van der Waals surface area (Å²) in [5.41, 5.74) is 0.539. The Morgan fingerprint density at radius 3 is 2.48 bits per heavy atom. The molecule has 0 fully saturated rings. The van der Waals surface area contributed by atoms with Gasteiger partial charge in [-0.15, -0.1) is 0 Å². The Bertz CT molecular complexity index is 1110. The first-order valence-corrected chi connectivity index (χ1v) is 9.17. The maximum atomic E-state index is 12.5. The molecule has 3 rings (SSSR count). The zero-order valence-corrected chi connectivity index (χ0v) is 16.3. The van der Waals surface area contributed by atoms with Gasteiger partial charge in [0.05, 0.1) is 10.5 Å². The van der Waals surface area contributed by atoms with Gasteiger partial charge >= 0.3 is 5.97 Å². The van der Waals surface area contributed by atoms with Crippen LogP contribution in [0.2, 0.25) is 0 Å². The molecule has 0 saturated carbocycles. The number of nitro benzene ring substituents is 1. The Kier molecular flexibility index (Phi) is 5.64. The van der Waals surface area contributed by atoms with Crippen molar-refractivity contribution >= 4 is 35.0 Å². The van der Waals surface area contributed by atoms with Crippen LogP contribution in [0.3, 0.4) is 0 Å². The summed E-state index contributed by atoms with van der Waals surface area (Å²) in [4.78, 5) is 36.0. The van der Waals surface area contributed by atoms with Gasteiger partial charge in [0.15, 0.2) is 5.69 Å². The Labute approximate surface area is 169 Å². The number of hydrogen-bond acceptors (Lipinski definition) is 6. The lowest BCUT2D eigenvalue weighted by Crippen LogP contribution is -2.15. The van der Waals surface area contributed by atoms with Gasteiger partial charge in [-0.1, -0.05) is 29.5 Å². The number of carboxylic acids is 1. The zero-order valence-electron chi connectivity index (χ0n) is 15.4. The molecule has 0 spiro atoms. The fourth-order valence-corrected chi connectivity index (χ4v) is 3.48. The number of nitrogens with one attached hydrogen (secondary N) is 1. The second-order valence-corrected chi connectivity index (χ2v) is 7.36. The first-order valence-electron chi connectivity index (χ1n) is 8.35. The molecular formula is C19H16N4O5S. The predicted octanol–water partition coefficient (Wildman–Crippen LogP) is 3.74. The van der Waals surface area contributed by atoms with E-state index in [1.54, 1.807) is 6.07 Å². The van der Waals surface area contributed by atoms with Gasteiger partial charge in [0.2, 0.25) is 0 Å². The predicted molar refractivity (Wildman–Crippen MR) is 107 cm³/mol. The van der Waals surface area contributed by atoms with E-state index in [1.165, 1.54) is 41.8 Å². The van der Waals surface area contributed by atoms with Crippen molar-refractivity contribution in [2.45, 2.75) is 16.7 Å². The van der Waals surface area contributed by atoms with E-state index in [9.17, 15) is 24.8 Å². The monoisotopic (exact) mass is 412 g/mol. The SMILES string of the molecule is Cc1ccc(Sc2cc(NC(=O)c3cn(C)nc3C(=O)O)cc([N+](=O)[O-])c2)cc1. The number of aromatic nitrogens is 2. The molecule has 3 aromatic rings. The number of non-ortho nitro benzene ring substituents is 1. The molecule has 148 valence electrons. The van der Waals surface area contributed by atoms with Crippen LogP contribution in [0, 0.1) is 17.0 Å². The third kappa shape index (κ3) is 4.79. The first kappa shape index (κ1) is 20.1. The lowest BCUT2D eigenvalue weighted by atomic mass is 10.2. The van der Waals surface area contributed by atoms with Gasteiger partial charge in [-0.05, 0) is 25.1 Å². The summed E-state index contributed by atoms with van der Waals surface area (Å²) in [6.07, 6.45) is 1.28. The fraction of sp³-hybridized carbons (Fsp3) is 0.105. The lowest BCUT2D eigenvalue weighted by molar-refractivity contribution is -0.385. The number of carbonyl (C=O) groups excluding carboxylic acids is 1. The molecule has 1 heterocycles. The highest BCUT2D eigenvalue weighted by Gasteiger charge is 2.22. The zero-order chi connectivity index (χ0) is 21.1. The van der Waals surface area contributed by atoms with Crippen LogP contribution in [0.4, 0.5) is 11.4 Å². The van der Waals surface area contributed by atoms with Crippen molar-refractivity contribution in [1.82, 2.24) is 9.78 Å². The van der Waals surface area contributed by atoms with Gasteiger partial charge in [-0.2, -0.15) is 5.10 Å². The minimum absolute atomic E-state index is 0.140. The van der Waals surface area contributed by atoms with Gasteiger partial charge in [0.25, 0.3) is 11.6 Å². The molecule has 9 nitrogen and oxygen atoms in total. The van der Waals surface area contributed by atoms with Gasteiger partial charge < -0.3 is 10.4 Å². The number of rotatable bonds is 6. The van der Waals surface area contributed by atoms with Crippen molar-refractivity contribution in [2.24, 2.45) is 7.05 Å². The number of anilines is 1. The molecule has 0 radical (unpaired) electrons. The topological polar surface area (TPSA) is 127 Å². The van der Waals surface area contributed by atoms with E-state index >= 15 is 0 Å². The largest absolute Gasteiger partial charge is 0.476 e. The van der Waals surface area contributed by atoms with Crippen molar-refractivity contribution in [2.75, 3.05) is 5.32 Å². The van der Waals surface area contributed by atoms with E-state index < -0.39 is 22.5 Å². The Morgan fingerprint density at radius 1 is 1.17 bits per heavy atom. The van der Waals surface area contributed by atoms with Crippen LogP contribution >= 0.6 is 11.8 Å². The van der Waals surface area contributed by atoms with Gasteiger partial charge in [-0.3, -0.25) is 19.6 Å². The van der Waals surface area contributed by atoms with Crippen LogP contribution in [-0.2, 0) is 7.05 Å². The molecule has 0 bridgehead atoms. The number of benzene rings is 2. The maximum Gasteiger partial charge on any atom is 0.357 e. The summed E-state index contributed by atoms with van der Waals surface area (Å²) in [5, 5.41) is 26.8. The molecular weight excluding hydrogens is 396 g/mol. The molecule has 0 unspecified atom stereocenters. The van der Waals surface area contributed by atoms with E-state index in [0.29, 0.717) is 4.90 Å². The van der Waals surface area contributed by atoms with Crippen LogP contribution in [0.25, 0.3) is 0 Å². The van der Waals surface area contributed by atoms with E-state index in [2.05, 4.69) is 10.4 Å². The van der Waals surface area contributed by atoms with Gasteiger partial charge in [-0.25, -0.2) is 4.79 Å². The molecule has 1 amide bonds. The van der Waals surface area contributed by atoms with Crippen LogP contribution < -0.4 is 5.32 Å². The highest BCUT2D eigenvalue weighted by molar-refractivity contribution is 7.99. The number of aryl methyl sites for hydroxylation is 2. The minimum atomic E-state index is -1.34. The molecule has 10 heteroatoms. The number of hydrogen-bond donors (Lipinski definition) is 2. The van der Waals surface area contributed by atoms with Crippen LogP contribution in [0.1, 0.15) is 26.4 Å². The number of nitro groups is 1. The number of carbonyl (C=O) groups is 2. The molecule has 0 aliphatic rings. The van der Waals surface area contributed by atoms with Crippen molar-refractivity contribution in [3.63, 3.8) is 0 Å². The first-order chi connectivity index (χ1) is 13.7. The van der Waals surface area contributed by atoms with Crippen molar-refractivity contribution < 1.29 is 19.6 Å². The van der Waals surface area contributed by atoms with E-state index in [4.69, 9.17) is 0 Å². The Balaban J connectivity index is 1.91. The van der Waals surface area contributed by atoms with E-state index in [-0.39, 0.29) is 16.9 Å². The third-order valence-corrected chi connectivity index (χ3v) is 4.87. The van der Waals surface area contributed by atoms with Crippen molar-refractivity contribution in [3.8, 4) is 0 Å². The van der Waals surface area contributed by atoms with Crippen molar-refractivity contribution in [1.29, 1.82) is 0 Å². The second kappa shape index (κ2) is 8.15. The summed E-state index contributed by atoms with van der Waals surface area (Å²) in [6, 6.07) is 11.9. The van der Waals surface area contributed by atoms with Gasteiger partial charge in [0, 0.05) is 40.9 Å². The normalized spacial score (nSPS) is 10.6. The summed E-state index contributed by atoms with van der Waals surface area (Å²) >= 11 is 1.31. The smallest absolute Gasteiger partial charge is 0.357 e. The van der Waals surface area contributed by atoms with Gasteiger partial charge in [0.1, 0.15) is 0 Å². The quantitative estimate of drug-likeness (QED) is 0.466. The van der Waals surface area contributed by atoms with E-state index in [1.807, 2.05) is 31.2 Å². The van der Waals surface area contributed by atoms with Crippen LogP contribution in [0.15, 0.2) is 58.5 Å². The number of carboxylic acid groups (broad SMARTS) is 1. The van der Waals surface area contributed by atoms with Crippen LogP contribution in [0.5, 0.6) is 0 Å². The second-order valence-electron chi connectivity index (χ2n) is 6.21. The summed E-state index contributed by atoms with van der Waals surface area (Å²) in [6.45, 7) is 1.96. The number of nitrogens with zero attached hydrogens (tertiary/aromatic N) is 3. The van der Waals surface area contributed by atoms with Crippen molar-refractivity contribution in [3.05, 3.63) is 75.6 Å². The summed E-state index contributed by atoms with van der Waals surface area (Å²) in [5.74, 6) is -2.06. The minimum Gasteiger partial charge on any atom is -0.476 e. The summed E-state index contributed by atoms with van der Waals surface area (Å²) in [7, 11) is 1.49. The highest BCUT2D eigenvalue weighted by atomic mass is 32.2.